The number of amides is 1. The van der Waals surface area contributed by atoms with Gasteiger partial charge in [-0.3, -0.25) is 9.69 Å². The summed E-state index contributed by atoms with van der Waals surface area (Å²) in [5, 5.41) is 6.17. The lowest BCUT2D eigenvalue weighted by atomic mass is 10.3. The second kappa shape index (κ2) is 8.24. The minimum atomic E-state index is -4.19. The van der Waals surface area contributed by atoms with Crippen LogP contribution in [0.2, 0.25) is 0 Å². The molecule has 2 heterocycles. The number of nitrogens with zero attached hydrogens (tertiary/aromatic N) is 2. The van der Waals surface area contributed by atoms with E-state index in [1.807, 2.05) is 6.92 Å². The fraction of sp³-hybridized carbons (Fsp3) is 0.600. The predicted octanol–water partition coefficient (Wildman–Crippen LogP) is 1.07. The average molecular weight is 361 g/mol. The van der Waals surface area contributed by atoms with Gasteiger partial charge in [0.25, 0.3) is 5.91 Å². The number of carbonyl (C=O) groups is 1. The lowest BCUT2D eigenvalue weighted by Crippen LogP contribution is -2.45. The molecule has 0 saturated carbocycles. The third kappa shape index (κ3) is 6.29. The molecule has 1 unspecified atom stereocenters. The van der Waals surface area contributed by atoms with Gasteiger partial charge in [-0.25, -0.2) is 4.99 Å². The van der Waals surface area contributed by atoms with Crippen molar-refractivity contribution in [3.05, 3.63) is 23.7 Å². The van der Waals surface area contributed by atoms with Crippen molar-refractivity contribution < 1.29 is 22.4 Å². The van der Waals surface area contributed by atoms with E-state index in [1.165, 1.54) is 11.0 Å². The van der Waals surface area contributed by atoms with E-state index in [-0.39, 0.29) is 18.3 Å². The van der Waals surface area contributed by atoms with Gasteiger partial charge >= 0.3 is 6.18 Å². The van der Waals surface area contributed by atoms with Crippen LogP contribution in [-0.4, -0.2) is 55.2 Å². The van der Waals surface area contributed by atoms with Crippen LogP contribution in [-0.2, 0) is 6.54 Å². The fourth-order valence-corrected chi connectivity index (χ4v) is 2.61. The Labute approximate surface area is 143 Å². The third-order valence-electron chi connectivity index (χ3n) is 3.66. The largest absolute Gasteiger partial charge is 0.454 e. The van der Waals surface area contributed by atoms with Crippen molar-refractivity contribution in [3.8, 4) is 0 Å². The fourth-order valence-electron chi connectivity index (χ4n) is 2.61. The van der Waals surface area contributed by atoms with Gasteiger partial charge in [-0.1, -0.05) is 0 Å². The van der Waals surface area contributed by atoms with Crippen LogP contribution in [0.4, 0.5) is 13.2 Å². The van der Waals surface area contributed by atoms with Gasteiger partial charge in [0.2, 0.25) is 0 Å². The van der Waals surface area contributed by atoms with Gasteiger partial charge in [0.1, 0.15) is 12.3 Å². The van der Waals surface area contributed by atoms with Crippen LogP contribution in [0.1, 0.15) is 29.7 Å². The molecule has 0 aliphatic carbocycles. The Kier molecular flexibility index (Phi) is 6.29. The molecule has 140 valence electrons. The van der Waals surface area contributed by atoms with Gasteiger partial charge in [0.05, 0.1) is 6.54 Å². The molecular weight excluding hydrogens is 339 g/mol. The zero-order valence-electron chi connectivity index (χ0n) is 13.9. The molecule has 1 aliphatic heterocycles. The van der Waals surface area contributed by atoms with Gasteiger partial charge in [-0.05, 0) is 25.5 Å². The molecule has 1 aliphatic rings. The maximum atomic E-state index is 12.4. The number of halogens is 3. The van der Waals surface area contributed by atoms with Crippen LogP contribution < -0.4 is 16.4 Å². The maximum absolute atomic E-state index is 12.4. The van der Waals surface area contributed by atoms with Crippen molar-refractivity contribution in [2.24, 2.45) is 10.7 Å². The van der Waals surface area contributed by atoms with E-state index in [0.29, 0.717) is 37.8 Å². The zero-order valence-corrected chi connectivity index (χ0v) is 13.9. The first kappa shape index (κ1) is 19.1. The molecule has 1 saturated heterocycles. The highest BCUT2D eigenvalue weighted by atomic mass is 19.4. The maximum Gasteiger partial charge on any atom is 0.401 e. The van der Waals surface area contributed by atoms with Crippen LogP contribution in [0.5, 0.6) is 0 Å². The van der Waals surface area contributed by atoms with Crippen LogP contribution in [0.15, 0.2) is 21.5 Å². The summed E-state index contributed by atoms with van der Waals surface area (Å²) in [5.41, 5.74) is 5.12. The quantitative estimate of drug-likeness (QED) is 0.520. The minimum Gasteiger partial charge on any atom is -0.454 e. The monoisotopic (exact) mass is 361 g/mol. The Morgan fingerprint density at radius 2 is 2.24 bits per heavy atom. The number of guanidine groups is 1. The van der Waals surface area contributed by atoms with Crippen LogP contribution in [0, 0.1) is 0 Å². The molecule has 2 rings (SSSR count). The summed E-state index contributed by atoms with van der Waals surface area (Å²) in [6.07, 6.45) is -3.59. The summed E-state index contributed by atoms with van der Waals surface area (Å²) in [7, 11) is 0. The van der Waals surface area contributed by atoms with Gasteiger partial charge in [-0.2, -0.15) is 13.2 Å². The number of primary amides is 1. The first-order valence-electron chi connectivity index (χ1n) is 7.99. The highest BCUT2D eigenvalue weighted by molar-refractivity contribution is 5.89. The van der Waals surface area contributed by atoms with Crippen molar-refractivity contribution in [1.82, 2.24) is 15.5 Å². The van der Waals surface area contributed by atoms with Crippen molar-refractivity contribution in [3.63, 3.8) is 0 Å². The summed E-state index contributed by atoms with van der Waals surface area (Å²) in [4.78, 5) is 16.7. The molecule has 4 N–H and O–H groups in total. The molecular formula is C15H22F3N5O2. The second-order valence-corrected chi connectivity index (χ2v) is 5.81. The number of carbonyl (C=O) groups excluding carboxylic acids is 1. The molecule has 0 aromatic carbocycles. The number of alkyl halides is 3. The number of nitrogens with one attached hydrogen (secondary N) is 2. The van der Waals surface area contributed by atoms with Crippen LogP contribution in [0.25, 0.3) is 0 Å². The number of nitrogens with two attached hydrogens (primary N) is 1. The smallest absolute Gasteiger partial charge is 0.401 e. The Bertz CT molecular complexity index is 615. The molecule has 0 spiro atoms. The molecule has 1 atom stereocenters. The van der Waals surface area contributed by atoms with Gasteiger partial charge in [0, 0.05) is 25.7 Å². The predicted molar refractivity (Wildman–Crippen MR) is 86.1 cm³/mol. The number of hydrogen-bond donors (Lipinski definition) is 3. The lowest BCUT2D eigenvalue weighted by Gasteiger charge is -2.19. The molecule has 1 aromatic rings. The summed E-state index contributed by atoms with van der Waals surface area (Å²) < 4.78 is 42.6. The molecule has 25 heavy (non-hydrogen) atoms. The molecule has 1 fully saturated rings. The average Bonchev–Trinajstić information content (AvgIpc) is 3.13. The molecule has 10 heteroatoms. The van der Waals surface area contributed by atoms with Gasteiger partial charge in [-0.15, -0.1) is 0 Å². The number of hydrogen-bond acceptors (Lipinski definition) is 4. The van der Waals surface area contributed by atoms with Crippen molar-refractivity contribution in [2.75, 3.05) is 26.2 Å². The molecule has 7 nitrogen and oxygen atoms in total. The number of rotatable bonds is 6. The van der Waals surface area contributed by atoms with E-state index in [9.17, 15) is 18.0 Å². The Morgan fingerprint density at radius 1 is 1.48 bits per heavy atom. The first-order chi connectivity index (χ1) is 11.8. The Hall–Kier alpha value is -2.23. The van der Waals surface area contributed by atoms with Crippen LogP contribution >= 0.6 is 0 Å². The van der Waals surface area contributed by atoms with E-state index in [4.69, 9.17) is 10.2 Å². The topological polar surface area (TPSA) is 95.9 Å². The highest BCUT2D eigenvalue weighted by Gasteiger charge is 2.34. The van der Waals surface area contributed by atoms with E-state index in [0.717, 1.165) is 0 Å². The summed E-state index contributed by atoms with van der Waals surface area (Å²) in [6, 6.07) is 2.96. The standard InChI is InChI=1S/C15H22F3N5O2/c1-2-20-14(21-7-11-3-4-12(25-11)13(19)24)22-10-5-6-23(8-10)9-15(16,17)18/h3-4,10H,2,5-9H2,1H3,(H2,19,24)(H2,20,21,22). The SMILES string of the molecule is CCNC(=NCc1ccc(C(N)=O)o1)NC1CCN(CC(F)(F)F)C1. The Balaban J connectivity index is 1.90. The van der Waals surface area contributed by atoms with E-state index >= 15 is 0 Å². The summed E-state index contributed by atoms with van der Waals surface area (Å²) in [6.45, 7) is 2.46. The van der Waals surface area contributed by atoms with Crippen molar-refractivity contribution in [1.29, 1.82) is 0 Å². The van der Waals surface area contributed by atoms with E-state index < -0.39 is 18.6 Å². The zero-order chi connectivity index (χ0) is 18.4. The first-order valence-corrected chi connectivity index (χ1v) is 7.99. The normalized spacial score (nSPS) is 19.2. The van der Waals surface area contributed by atoms with Crippen LogP contribution in [0.3, 0.4) is 0 Å². The third-order valence-corrected chi connectivity index (χ3v) is 3.66. The van der Waals surface area contributed by atoms with E-state index in [2.05, 4.69) is 15.6 Å². The molecule has 0 radical (unpaired) electrons. The summed E-state index contributed by atoms with van der Waals surface area (Å²) in [5.74, 6) is 0.354. The van der Waals surface area contributed by atoms with Crippen molar-refractivity contribution in [2.45, 2.75) is 32.1 Å². The Morgan fingerprint density at radius 3 is 2.84 bits per heavy atom. The lowest BCUT2D eigenvalue weighted by molar-refractivity contribution is -0.143. The van der Waals surface area contributed by atoms with E-state index in [1.54, 1.807) is 6.07 Å². The van der Waals surface area contributed by atoms with Crippen molar-refractivity contribution >= 4 is 11.9 Å². The molecule has 1 amide bonds. The molecule has 1 aromatic heterocycles. The molecule has 0 bridgehead atoms. The van der Waals surface area contributed by atoms with Gasteiger partial charge in [0.15, 0.2) is 11.7 Å². The van der Waals surface area contributed by atoms with Gasteiger partial charge < -0.3 is 20.8 Å². The minimum absolute atomic E-state index is 0.0572. The number of furan rings is 1. The second-order valence-electron chi connectivity index (χ2n) is 5.81. The number of likely N-dealkylation sites (tertiary alicyclic amines) is 1. The summed E-state index contributed by atoms with van der Waals surface area (Å²) >= 11 is 0. The highest BCUT2D eigenvalue weighted by Crippen LogP contribution is 2.20. The number of aliphatic imine (C=N–C) groups is 1.